The van der Waals surface area contributed by atoms with Gasteiger partial charge in [-0.25, -0.2) is 8.78 Å². The summed E-state index contributed by atoms with van der Waals surface area (Å²) in [7, 11) is 0. The van der Waals surface area contributed by atoms with Crippen LogP contribution in [0.5, 0.6) is 0 Å². The molecule has 0 amide bonds. The number of nitriles is 1. The third kappa shape index (κ3) is 2.45. The molecule has 4 heteroatoms. The molecule has 90 valence electrons. The monoisotopic (exact) mass is 237 g/mol. The largest absolute Gasteiger partial charge is 0.393 e. The summed E-state index contributed by atoms with van der Waals surface area (Å²) in [4.78, 5) is 0. The van der Waals surface area contributed by atoms with E-state index in [0.717, 1.165) is 12.8 Å². The summed E-state index contributed by atoms with van der Waals surface area (Å²) in [5.41, 5.74) is 0.0653. The molecule has 0 radical (unpaired) electrons. The Morgan fingerprint density at radius 2 is 1.65 bits per heavy atom. The molecule has 0 aromatic heterocycles. The molecular formula is C13H13F2NO. The van der Waals surface area contributed by atoms with Gasteiger partial charge in [-0.1, -0.05) is 0 Å². The fraction of sp³-hybridized carbons (Fsp3) is 0.462. The van der Waals surface area contributed by atoms with Gasteiger partial charge in [-0.15, -0.1) is 0 Å². The first kappa shape index (κ1) is 12.0. The minimum Gasteiger partial charge on any atom is -0.393 e. The summed E-state index contributed by atoms with van der Waals surface area (Å²) >= 11 is 0. The number of aliphatic hydroxyl groups excluding tert-OH is 1. The molecule has 0 atom stereocenters. The third-order valence-electron chi connectivity index (χ3n) is 3.34. The maximum absolute atomic E-state index is 13.4. The normalized spacial score (nSPS) is 24.4. The van der Waals surface area contributed by atoms with Gasteiger partial charge in [0, 0.05) is 0 Å². The average molecular weight is 237 g/mol. The predicted molar refractivity (Wildman–Crippen MR) is 58.3 cm³/mol. The van der Waals surface area contributed by atoms with Crippen LogP contribution in [0.15, 0.2) is 12.1 Å². The Hall–Kier alpha value is -1.47. The molecule has 0 bridgehead atoms. The van der Waals surface area contributed by atoms with Crippen LogP contribution in [0.4, 0.5) is 8.78 Å². The van der Waals surface area contributed by atoms with Crippen LogP contribution in [0.2, 0.25) is 0 Å². The van der Waals surface area contributed by atoms with Gasteiger partial charge < -0.3 is 5.11 Å². The highest BCUT2D eigenvalue weighted by atomic mass is 19.1. The number of hydrogen-bond donors (Lipinski definition) is 1. The fourth-order valence-corrected chi connectivity index (χ4v) is 2.34. The van der Waals surface area contributed by atoms with Gasteiger partial charge >= 0.3 is 0 Å². The highest BCUT2D eigenvalue weighted by Crippen LogP contribution is 2.34. The zero-order valence-corrected chi connectivity index (χ0v) is 9.29. The first-order valence-corrected chi connectivity index (χ1v) is 5.69. The lowest BCUT2D eigenvalue weighted by atomic mass is 9.82. The smallest absolute Gasteiger partial charge is 0.144 e. The molecule has 0 aliphatic heterocycles. The van der Waals surface area contributed by atoms with E-state index in [1.165, 1.54) is 18.2 Å². The second-order valence-electron chi connectivity index (χ2n) is 4.48. The van der Waals surface area contributed by atoms with Crippen molar-refractivity contribution in [1.82, 2.24) is 0 Å². The van der Waals surface area contributed by atoms with Gasteiger partial charge in [0.2, 0.25) is 0 Å². The maximum Gasteiger partial charge on any atom is 0.144 e. The van der Waals surface area contributed by atoms with E-state index in [1.54, 1.807) is 0 Å². The Kier molecular flexibility index (Phi) is 3.39. The van der Waals surface area contributed by atoms with Gasteiger partial charge in [0.15, 0.2) is 0 Å². The van der Waals surface area contributed by atoms with E-state index in [2.05, 4.69) is 0 Å². The van der Waals surface area contributed by atoms with E-state index in [1.807, 2.05) is 0 Å². The number of nitrogens with zero attached hydrogens (tertiary/aromatic N) is 1. The zero-order valence-electron chi connectivity index (χ0n) is 9.29. The molecule has 0 unspecified atom stereocenters. The SMILES string of the molecule is N#Cc1c(F)cc(C2CCC(O)CC2)cc1F. The van der Waals surface area contributed by atoms with Crippen molar-refractivity contribution in [3.05, 3.63) is 34.9 Å². The number of hydrogen-bond acceptors (Lipinski definition) is 2. The highest BCUT2D eigenvalue weighted by molar-refractivity contribution is 5.36. The minimum atomic E-state index is -0.798. The summed E-state index contributed by atoms with van der Waals surface area (Å²) in [6.07, 6.45) is 2.49. The second kappa shape index (κ2) is 4.80. The number of rotatable bonds is 1. The van der Waals surface area contributed by atoms with Gasteiger partial charge in [0.25, 0.3) is 0 Å². The van der Waals surface area contributed by atoms with E-state index < -0.39 is 17.2 Å². The molecule has 2 rings (SSSR count). The van der Waals surface area contributed by atoms with E-state index in [9.17, 15) is 13.9 Å². The fourth-order valence-electron chi connectivity index (χ4n) is 2.34. The molecule has 1 saturated carbocycles. The number of aliphatic hydroxyl groups is 1. The van der Waals surface area contributed by atoms with Crippen LogP contribution in [0, 0.1) is 23.0 Å². The Balaban J connectivity index is 2.26. The lowest BCUT2D eigenvalue weighted by Gasteiger charge is -2.25. The molecule has 17 heavy (non-hydrogen) atoms. The van der Waals surface area contributed by atoms with Crippen molar-refractivity contribution in [2.45, 2.75) is 37.7 Å². The van der Waals surface area contributed by atoms with Crippen molar-refractivity contribution in [3.63, 3.8) is 0 Å². The van der Waals surface area contributed by atoms with Crippen LogP contribution in [0.1, 0.15) is 42.7 Å². The highest BCUT2D eigenvalue weighted by Gasteiger charge is 2.22. The van der Waals surface area contributed by atoms with Gasteiger partial charge in [-0.05, 0) is 49.3 Å². The lowest BCUT2D eigenvalue weighted by Crippen LogP contribution is -2.17. The molecule has 1 N–H and O–H groups in total. The lowest BCUT2D eigenvalue weighted by molar-refractivity contribution is 0.122. The van der Waals surface area contributed by atoms with Crippen LogP contribution in [-0.4, -0.2) is 11.2 Å². The number of benzene rings is 1. The van der Waals surface area contributed by atoms with Gasteiger partial charge in [-0.3, -0.25) is 0 Å². The van der Waals surface area contributed by atoms with Gasteiger partial charge in [0.05, 0.1) is 6.10 Å². The summed E-state index contributed by atoms with van der Waals surface area (Å²) in [6, 6.07) is 3.99. The van der Waals surface area contributed by atoms with Gasteiger partial charge in [-0.2, -0.15) is 5.26 Å². The van der Waals surface area contributed by atoms with E-state index >= 15 is 0 Å². The first-order chi connectivity index (χ1) is 8.11. The van der Waals surface area contributed by atoms with Crippen molar-refractivity contribution in [1.29, 1.82) is 5.26 Å². The van der Waals surface area contributed by atoms with Crippen molar-refractivity contribution < 1.29 is 13.9 Å². The summed E-state index contributed by atoms with van der Waals surface area (Å²) < 4.78 is 26.9. The van der Waals surface area contributed by atoms with Crippen molar-refractivity contribution in [2.24, 2.45) is 0 Å². The van der Waals surface area contributed by atoms with Crippen LogP contribution in [-0.2, 0) is 0 Å². The molecule has 0 saturated heterocycles. The molecule has 1 aliphatic carbocycles. The van der Waals surface area contributed by atoms with Crippen molar-refractivity contribution in [2.75, 3.05) is 0 Å². The molecule has 1 aromatic carbocycles. The van der Waals surface area contributed by atoms with E-state index in [-0.39, 0.29) is 12.0 Å². The van der Waals surface area contributed by atoms with E-state index in [4.69, 9.17) is 5.26 Å². The molecule has 2 nitrogen and oxygen atoms in total. The molecular weight excluding hydrogens is 224 g/mol. The van der Waals surface area contributed by atoms with Gasteiger partial charge in [0.1, 0.15) is 23.3 Å². The van der Waals surface area contributed by atoms with Crippen molar-refractivity contribution >= 4 is 0 Å². The zero-order chi connectivity index (χ0) is 12.4. The molecule has 0 heterocycles. The summed E-state index contributed by atoms with van der Waals surface area (Å²) in [6.45, 7) is 0. The Morgan fingerprint density at radius 3 is 2.12 bits per heavy atom. The Labute approximate surface area is 98.5 Å². The van der Waals surface area contributed by atoms with Crippen molar-refractivity contribution in [3.8, 4) is 6.07 Å². The topological polar surface area (TPSA) is 44.0 Å². The van der Waals surface area contributed by atoms with Crippen LogP contribution < -0.4 is 0 Å². The van der Waals surface area contributed by atoms with Crippen LogP contribution in [0.3, 0.4) is 0 Å². The molecule has 1 aromatic rings. The summed E-state index contributed by atoms with van der Waals surface area (Å²) in [5, 5.41) is 17.9. The maximum atomic E-state index is 13.4. The third-order valence-corrected chi connectivity index (χ3v) is 3.34. The Bertz CT molecular complexity index is 436. The summed E-state index contributed by atoms with van der Waals surface area (Å²) in [5.74, 6) is -1.52. The quantitative estimate of drug-likeness (QED) is 0.816. The predicted octanol–water partition coefficient (Wildman–Crippen LogP) is 2.85. The molecule has 1 aliphatic rings. The number of halogens is 2. The van der Waals surface area contributed by atoms with E-state index in [0.29, 0.717) is 18.4 Å². The molecule has 0 spiro atoms. The minimum absolute atomic E-state index is 0.0788. The first-order valence-electron chi connectivity index (χ1n) is 5.69. The standard InChI is InChI=1S/C13H13F2NO/c14-12-5-9(6-13(15)11(12)7-16)8-1-3-10(17)4-2-8/h5-6,8,10,17H,1-4H2. The molecule has 1 fully saturated rings. The van der Waals surface area contributed by atoms with Crippen LogP contribution in [0.25, 0.3) is 0 Å². The average Bonchev–Trinajstić information content (AvgIpc) is 2.29. The Morgan fingerprint density at radius 1 is 1.12 bits per heavy atom. The van der Waals surface area contributed by atoms with Crippen LogP contribution >= 0.6 is 0 Å². The second-order valence-corrected chi connectivity index (χ2v) is 4.48.